The van der Waals surface area contributed by atoms with Gasteiger partial charge in [-0.25, -0.2) is 4.39 Å². The summed E-state index contributed by atoms with van der Waals surface area (Å²) in [5, 5.41) is 12.0. The molecule has 0 N–H and O–H groups in total. The number of benzene rings is 3. The summed E-state index contributed by atoms with van der Waals surface area (Å²) in [4.78, 5) is 37.8. The van der Waals surface area contributed by atoms with E-state index in [0.717, 1.165) is 38.7 Å². The Morgan fingerprint density at radius 1 is 1.00 bits per heavy atom. The fourth-order valence-corrected chi connectivity index (χ4v) is 5.18. The zero-order chi connectivity index (χ0) is 25.4. The van der Waals surface area contributed by atoms with Crippen molar-refractivity contribution in [2.45, 2.75) is 13.1 Å². The molecule has 0 unspecified atom stereocenters. The van der Waals surface area contributed by atoms with Gasteiger partial charge in [0.2, 0.25) is 0 Å². The highest BCUT2D eigenvalue weighted by atomic mass is 35.5. The second-order valence-electron chi connectivity index (χ2n) is 8.12. The van der Waals surface area contributed by atoms with E-state index in [1.807, 2.05) is 35.0 Å². The average Bonchev–Trinajstić information content (AvgIpc) is 3.33. The number of carbonyl (C=O) groups is 2. The van der Waals surface area contributed by atoms with Crippen LogP contribution in [0.4, 0.5) is 14.9 Å². The van der Waals surface area contributed by atoms with Crippen molar-refractivity contribution in [2.75, 3.05) is 0 Å². The van der Waals surface area contributed by atoms with Crippen molar-refractivity contribution in [3.63, 3.8) is 0 Å². The average molecular weight is 522 g/mol. The molecule has 1 saturated heterocycles. The number of carbonyl (C=O) groups excluding carboxylic acids is 2. The van der Waals surface area contributed by atoms with E-state index in [2.05, 4.69) is 0 Å². The number of nitrogens with zero attached hydrogens (tertiary/aromatic N) is 3. The Kier molecular flexibility index (Phi) is 6.34. The van der Waals surface area contributed by atoms with Crippen molar-refractivity contribution in [3.05, 3.63) is 115 Å². The third-order valence-corrected chi connectivity index (χ3v) is 7.11. The molecule has 1 aliphatic rings. The standard InChI is InChI=1S/C26H17ClFN3O4S/c27-21-12-19(28)10-9-16(21)13-29-14-18(20-6-2-4-8-23(20)29)11-24-25(32)30(26(33)36-24)15-17-5-1-3-7-22(17)31(34)35/h1-12,14H,13,15H2/b24-11-. The number of halogens is 2. The van der Waals surface area contributed by atoms with E-state index in [1.165, 1.54) is 30.3 Å². The van der Waals surface area contributed by atoms with Gasteiger partial charge in [0.25, 0.3) is 16.8 Å². The van der Waals surface area contributed by atoms with E-state index in [-0.39, 0.29) is 22.7 Å². The van der Waals surface area contributed by atoms with E-state index in [4.69, 9.17) is 11.6 Å². The minimum absolute atomic E-state index is 0.150. The van der Waals surface area contributed by atoms with Crippen LogP contribution in [0.1, 0.15) is 16.7 Å². The molecule has 0 atom stereocenters. The highest BCUT2D eigenvalue weighted by Gasteiger charge is 2.36. The summed E-state index contributed by atoms with van der Waals surface area (Å²) < 4.78 is 15.4. The van der Waals surface area contributed by atoms with Crippen LogP contribution in [0.15, 0.2) is 77.8 Å². The molecule has 180 valence electrons. The van der Waals surface area contributed by atoms with E-state index < -0.39 is 21.9 Å². The molecule has 1 fully saturated rings. The number of fused-ring (bicyclic) bond motifs is 1. The summed E-state index contributed by atoms with van der Waals surface area (Å²) in [6.45, 7) is 0.191. The van der Waals surface area contributed by atoms with Gasteiger partial charge in [0.15, 0.2) is 0 Å². The SMILES string of the molecule is O=C1S/C(=C\c2cn(Cc3ccc(F)cc3Cl)c3ccccc23)C(=O)N1Cc1ccccc1[N+](=O)[O-]. The van der Waals surface area contributed by atoms with Gasteiger partial charge < -0.3 is 4.57 Å². The molecule has 0 radical (unpaired) electrons. The normalized spacial score (nSPS) is 14.8. The lowest BCUT2D eigenvalue weighted by molar-refractivity contribution is -0.385. The van der Waals surface area contributed by atoms with Crippen LogP contribution in [0.5, 0.6) is 0 Å². The number of amides is 2. The topological polar surface area (TPSA) is 85.5 Å². The van der Waals surface area contributed by atoms with Gasteiger partial charge in [0, 0.05) is 45.9 Å². The van der Waals surface area contributed by atoms with Crippen LogP contribution in [0, 0.1) is 15.9 Å². The molecule has 1 aliphatic heterocycles. The van der Waals surface area contributed by atoms with Crippen LogP contribution in [0.3, 0.4) is 0 Å². The molecule has 2 heterocycles. The van der Waals surface area contributed by atoms with Crippen LogP contribution in [-0.4, -0.2) is 25.5 Å². The first-order chi connectivity index (χ1) is 17.3. The number of nitro groups is 1. The van der Waals surface area contributed by atoms with Crippen molar-refractivity contribution in [2.24, 2.45) is 0 Å². The van der Waals surface area contributed by atoms with Gasteiger partial charge in [-0.05, 0) is 41.6 Å². The number of nitro benzene ring substituents is 1. The Labute approximate surface area is 213 Å². The van der Waals surface area contributed by atoms with Crippen molar-refractivity contribution in [1.82, 2.24) is 9.47 Å². The molecule has 2 amide bonds. The van der Waals surface area contributed by atoms with Gasteiger partial charge in [0.1, 0.15) is 5.82 Å². The van der Waals surface area contributed by atoms with Crippen LogP contribution in [-0.2, 0) is 17.9 Å². The van der Waals surface area contributed by atoms with Gasteiger partial charge in [-0.15, -0.1) is 0 Å². The molecule has 0 bridgehead atoms. The summed E-state index contributed by atoms with van der Waals surface area (Å²) in [5.41, 5.74) is 2.46. The van der Waals surface area contributed by atoms with Gasteiger partial charge in [-0.1, -0.05) is 54.1 Å². The summed E-state index contributed by atoms with van der Waals surface area (Å²) in [5.74, 6) is -0.931. The number of imide groups is 1. The third kappa shape index (κ3) is 4.50. The van der Waals surface area contributed by atoms with Gasteiger partial charge >= 0.3 is 0 Å². The van der Waals surface area contributed by atoms with Crippen molar-refractivity contribution >= 4 is 57.2 Å². The molecule has 3 aromatic carbocycles. The van der Waals surface area contributed by atoms with Crippen LogP contribution >= 0.6 is 23.4 Å². The molecule has 36 heavy (non-hydrogen) atoms. The van der Waals surface area contributed by atoms with Gasteiger partial charge in [0.05, 0.1) is 16.4 Å². The number of rotatable bonds is 6. The van der Waals surface area contributed by atoms with Crippen molar-refractivity contribution in [1.29, 1.82) is 0 Å². The lowest BCUT2D eigenvalue weighted by Crippen LogP contribution is -2.27. The monoisotopic (exact) mass is 521 g/mol. The number of para-hydroxylation sites is 2. The second-order valence-corrected chi connectivity index (χ2v) is 9.52. The predicted octanol–water partition coefficient (Wildman–Crippen LogP) is 6.63. The van der Waals surface area contributed by atoms with E-state index in [0.29, 0.717) is 11.6 Å². The summed E-state index contributed by atoms with van der Waals surface area (Å²) in [6.07, 6.45) is 3.50. The molecule has 4 aromatic rings. The quantitative estimate of drug-likeness (QED) is 0.161. The lowest BCUT2D eigenvalue weighted by Gasteiger charge is -2.12. The zero-order valence-corrected chi connectivity index (χ0v) is 20.1. The maximum absolute atomic E-state index is 13.5. The maximum Gasteiger partial charge on any atom is 0.293 e. The molecule has 10 heteroatoms. The number of hydrogen-bond acceptors (Lipinski definition) is 5. The first-order valence-electron chi connectivity index (χ1n) is 10.8. The molecule has 0 saturated carbocycles. The molecule has 7 nitrogen and oxygen atoms in total. The Balaban J connectivity index is 1.47. The predicted molar refractivity (Wildman–Crippen MR) is 137 cm³/mol. The third-order valence-electron chi connectivity index (χ3n) is 5.85. The second kappa shape index (κ2) is 9.60. The van der Waals surface area contributed by atoms with Crippen molar-refractivity contribution < 1.29 is 18.9 Å². The molecule has 0 aliphatic carbocycles. The van der Waals surface area contributed by atoms with E-state index >= 15 is 0 Å². The Morgan fingerprint density at radius 2 is 1.75 bits per heavy atom. The highest BCUT2D eigenvalue weighted by Crippen LogP contribution is 2.36. The molecule has 0 spiro atoms. The lowest BCUT2D eigenvalue weighted by atomic mass is 10.1. The maximum atomic E-state index is 13.5. The fourth-order valence-electron chi connectivity index (χ4n) is 4.12. The Hall–Kier alpha value is -3.95. The number of thioether (sulfide) groups is 1. The highest BCUT2D eigenvalue weighted by molar-refractivity contribution is 8.18. The summed E-state index contributed by atoms with van der Waals surface area (Å²) in [7, 11) is 0. The first kappa shape index (κ1) is 23.8. The molecule has 1 aromatic heterocycles. The molecule has 5 rings (SSSR count). The van der Waals surface area contributed by atoms with E-state index in [9.17, 15) is 24.1 Å². The largest absolute Gasteiger partial charge is 0.342 e. The summed E-state index contributed by atoms with van der Waals surface area (Å²) in [6, 6.07) is 17.8. The minimum Gasteiger partial charge on any atom is -0.342 e. The molecular weight excluding hydrogens is 505 g/mol. The Bertz CT molecular complexity index is 1580. The minimum atomic E-state index is -0.535. The summed E-state index contributed by atoms with van der Waals surface area (Å²) >= 11 is 7.02. The smallest absolute Gasteiger partial charge is 0.293 e. The van der Waals surface area contributed by atoms with Crippen LogP contribution in [0.25, 0.3) is 17.0 Å². The van der Waals surface area contributed by atoms with Gasteiger partial charge in [-0.3, -0.25) is 24.6 Å². The zero-order valence-electron chi connectivity index (χ0n) is 18.6. The van der Waals surface area contributed by atoms with Crippen molar-refractivity contribution in [3.8, 4) is 0 Å². The molecular formula is C26H17ClFN3O4S. The van der Waals surface area contributed by atoms with Crippen LogP contribution < -0.4 is 0 Å². The van der Waals surface area contributed by atoms with Gasteiger partial charge in [-0.2, -0.15) is 0 Å². The number of aromatic nitrogens is 1. The first-order valence-corrected chi connectivity index (χ1v) is 12.0. The van der Waals surface area contributed by atoms with Crippen LogP contribution in [0.2, 0.25) is 5.02 Å². The van der Waals surface area contributed by atoms with E-state index in [1.54, 1.807) is 18.2 Å². The fraction of sp³-hybridized carbons (Fsp3) is 0.0769. The number of hydrogen-bond donors (Lipinski definition) is 0. The Morgan fingerprint density at radius 3 is 2.53 bits per heavy atom.